The topological polar surface area (TPSA) is 16.4 Å². The van der Waals surface area contributed by atoms with Crippen molar-refractivity contribution in [1.29, 1.82) is 0 Å². The summed E-state index contributed by atoms with van der Waals surface area (Å²) < 4.78 is 6.28. The fourth-order valence-electron chi connectivity index (χ4n) is 8.66. The predicted molar refractivity (Wildman–Crippen MR) is 253 cm³/mol. The molecule has 282 valence electrons. The summed E-state index contributed by atoms with van der Waals surface area (Å²) in [6.45, 7) is 0. The second-order valence-corrected chi connectivity index (χ2v) is 15.3. The molecule has 0 aliphatic heterocycles. The van der Waals surface area contributed by atoms with E-state index in [4.69, 9.17) is 4.42 Å². The average molecular weight is 766 g/mol. The molecule has 11 aromatic rings. The molecule has 10 aromatic carbocycles. The lowest BCUT2D eigenvalue weighted by Crippen LogP contribution is -2.10. The second kappa shape index (κ2) is 15.1. The van der Waals surface area contributed by atoms with Gasteiger partial charge in [-0.2, -0.15) is 0 Å². The highest BCUT2D eigenvalue weighted by Crippen LogP contribution is 2.42. The smallest absolute Gasteiger partial charge is 0.135 e. The molecule has 1 aromatic heterocycles. The maximum atomic E-state index is 6.28. The van der Waals surface area contributed by atoms with Gasteiger partial charge in [-0.25, -0.2) is 0 Å². The summed E-state index contributed by atoms with van der Waals surface area (Å²) in [5.41, 5.74) is 16.8. The SMILES string of the molecule is c1ccc(-c2cc(-c3ccccc3)cc(-c3ccc(N(c4cccc(-c5cccc(-c6cccc7ccccc67)c5)c4)c4ccc5oc6ccccc6c5c4)cc3)c2)cc1. The van der Waals surface area contributed by atoms with Gasteiger partial charge in [-0.05, 0) is 139 Å². The van der Waals surface area contributed by atoms with Gasteiger partial charge in [-0.1, -0.05) is 164 Å². The summed E-state index contributed by atoms with van der Waals surface area (Å²) in [6, 6.07) is 85.0. The molecule has 0 saturated carbocycles. The third-order valence-corrected chi connectivity index (χ3v) is 11.6. The van der Waals surface area contributed by atoms with E-state index < -0.39 is 0 Å². The Morgan fingerprint density at radius 1 is 0.250 bits per heavy atom. The largest absolute Gasteiger partial charge is 0.456 e. The van der Waals surface area contributed by atoms with Crippen LogP contribution in [0.4, 0.5) is 17.1 Å². The van der Waals surface area contributed by atoms with Crippen LogP contribution in [-0.2, 0) is 0 Å². The third-order valence-electron chi connectivity index (χ3n) is 11.6. The molecule has 0 unspecified atom stereocenters. The van der Waals surface area contributed by atoms with Crippen molar-refractivity contribution in [2.24, 2.45) is 0 Å². The first-order valence-corrected chi connectivity index (χ1v) is 20.5. The van der Waals surface area contributed by atoms with Crippen molar-refractivity contribution in [1.82, 2.24) is 0 Å². The van der Waals surface area contributed by atoms with Crippen molar-refractivity contribution in [3.05, 3.63) is 237 Å². The van der Waals surface area contributed by atoms with E-state index in [1.165, 1.54) is 55.3 Å². The molecule has 1 heterocycles. The Morgan fingerprint density at radius 2 is 0.733 bits per heavy atom. The van der Waals surface area contributed by atoms with Crippen LogP contribution in [0.25, 0.3) is 88.3 Å². The zero-order chi connectivity index (χ0) is 39.8. The zero-order valence-electron chi connectivity index (χ0n) is 32.9. The van der Waals surface area contributed by atoms with Crippen LogP contribution >= 0.6 is 0 Å². The molecular weight excluding hydrogens is 727 g/mol. The molecule has 0 atom stereocenters. The van der Waals surface area contributed by atoms with Gasteiger partial charge in [0.1, 0.15) is 11.2 Å². The van der Waals surface area contributed by atoms with Gasteiger partial charge in [0, 0.05) is 27.8 Å². The fourth-order valence-corrected chi connectivity index (χ4v) is 8.66. The molecular formula is C58H39NO. The number of hydrogen-bond acceptors (Lipinski definition) is 2. The lowest BCUT2D eigenvalue weighted by Gasteiger charge is -2.26. The average Bonchev–Trinajstić information content (AvgIpc) is 3.70. The van der Waals surface area contributed by atoms with Crippen molar-refractivity contribution >= 4 is 49.8 Å². The van der Waals surface area contributed by atoms with Crippen molar-refractivity contribution in [2.45, 2.75) is 0 Å². The van der Waals surface area contributed by atoms with Crippen LogP contribution < -0.4 is 4.90 Å². The lowest BCUT2D eigenvalue weighted by molar-refractivity contribution is 0.669. The number of para-hydroxylation sites is 1. The minimum absolute atomic E-state index is 0.877. The maximum Gasteiger partial charge on any atom is 0.135 e. The molecule has 0 fully saturated rings. The standard InChI is InChI=1S/C58H39NO/c1-3-14-40(15-4-1)47-35-48(41-16-5-2-6-17-41)37-49(36-47)42-28-30-50(31-29-42)59(52-32-33-58-56(39-52)55-25-9-10-27-57(55)60-58)51-23-12-21-45(38-51)44-20-11-22-46(34-44)54-26-13-19-43-18-7-8-24-53(43)54/h1-39H. The van der Waals surface area contributed by atoms with Gasteiger partial charge in [0.15, 0.2) is 0 Å². The highest BCUT2D eigenvalue weighted by atomic mass is 16.3. The number of anilines is 3. The summed E-state index contributed by atoms with van der Waals surface area (Å²) in [6.07, 6.45) is 0. The van der Waals surface area contributed by atoms with Crippen molar-refractivity contribution < 1.29 is 4.42 Å². The number of furan rings is 1. The molecule has 0 bridgehead atoms. The van der Waals surface area contributed by atoms with Crippen molar-refractivity contribution in [2.75, 3.05) is 4.90 Å². The Balaban J connectivity index is 1.03. The molecule has 0 amide bonds. The number of nitrogens with zero attached hydrogens (tertiary/aromatic N) is 1. The van der Waals surface area contributed by atoms with E-state index in [0.717, 1.165) is 50.1 Å². The van der Waals surface area contributed by atoms with Gasteiger partial charge < -0.3 is 9.32 Å². The Hall–Kier alpha value is -7.94. The first kappa shape index (κ1) is 35.2. The van der Waals surface area contributed by atoms with Gasteiger partial charge in [0.25, 0.3) is 0 Å². The maximum absolute atomic E-state index is 6.28. The highest BCUT2D eigenvalue weighted by molar-refractivity contribution is 6.06. The predicted octanol–water partition coefficient (Wildman–Crippen LogP) is 16.5. The third kappa shape index (κ3) is 6.61. The molecule has 0 spiro atoms. The second-order valence-electron chi connectivity index (χ2n) is 15.3. The van der Waals surface area contributed by atoms with E-state index in [1.54, 1.807) is 0 Å². The van der Waals surface area contributed by atoms with E-state index in [9.17, 15) is 0 Å². The van der Waals surface area contributed by atoms with Crippen LogP contribution in [-0.4, -0.2) is 0 Å². The van der Waals surface area contributed by atoms with E-state index in [-0.39, 0.29) is 0 Å². The Morgan fingerprint density at radius 3 is 1.47 bits per heavy atom. The van der Waals surface area contributed by atoms with Crippen molar-refractivity contribution in [3.8, 4) is 55.6 Å². The van der Waals surface area contributed by atoms with Gasteiger partial charge in [0.2, 0.25) is 0 Å². The molecule has 0 radical (unpaired) electrons. The van der Waals surface area contributed by atoms with Crippen LogP contribution in [0.3, 0.4) is 0 Å². The summed E-state index contributed by atoms with van der Waals surface area (Å²) >= 11 is 0. The van der Waals surface area contributed by atoms with Crippen LogP contribution in [0.15, 0.2) is 241 Å². The first-order valence-electron chi connectivity index (χ1n) is 20.5. The highest BCUT2D eigenvalue weighted by Gasteiger charge is 2.17. The monoisotopic (exact) mass is 765 g/mol. The molecule has 0 N–H and O–H groups in total. The minimum Gasteiger partial charge on any atom is -0.456 e. The Kier molecular flexibility index (Phi) is 8.87. The summed E-state index contributed by atoms with van der Waals surface area (Å²) in [5.74, 6) is 0. The van der Waals surface area contributed by atoms with Gasteiger partial charge in [-0.15, -0.1) is 0 Å². The molecule has 0 aliphatic carbocycles. The minimum atomic E-state index is 0.877. The molecule has 2 heteroatoms. The number of hydrogen-bond donors (Lipinski definition) is 0. The quantitative estimate of drug-likeness (QED) is 0.153. The molecule has 60 heavy (non-hydrogen) atoms. The Labute approximate surface area is 349 Å². The van der Waals surface area contributed by atoms with E-state index in [0.29, 0.717) is 0 Å². The van der Waals surface area contributed by atoms with Gasteiger partial charge >= 0.3 is 0 Å². The van der Waals surface area contributed by atoms with Crippen LogP contribution in [0.1, 0.15) is 0 Å². The number of benzene rings is 10. The van der Waals surface area contributed by atoms with Crippen LogP contribution in [0.5, 0.6) is 0 Å². The van der Waals surface area contributed by atoms with Crippen LogP contribution in [0, 0.1) is 0 Å². The van der Waals surface area contributed by atoms with E-state index >= 15 is 0 Å². The number of fused-ring (bicyclic) bond motifs is 4. The van der Waals surface area contributed by atoms with E-state index in [1.807, 2.05) is 12.1 Å². The normalized spacial score (nSPS) is 11.3. The lowest BCUT2D eigenvalue weighted by atomic mass is 9.93. The molecule has 0 saturated heterocycles. The molecule has 2 nitrogen and oxygen atoms in total. The molecule has 0 aliphatic rings. The Bertz CT molecular complexity index is 3250. The number of rotatable bonds is 8. The van der Waals surface area contributed by atoms with E-state index in [2.05, 4.69) is 229 Å². The first-order chi connectivity index (χ1) is 29.7. The molecule has 11 rings (SSSR count). The zero-order valence-corrected chi connectivity index (χ0v) is 32.9. The summed E-state index contributed by atoms with van der Waals surface area (Å²) in [4.78, 5) is 2.36. The fraction of sp³-hybridized carbons (Fsp3) is 0. The summed E-state index contributed by atoms with van der Waals surface area (Å²) in [5, 5.41) is 4.70. The van der Waals surface area contributed by atoms with Gasteiger partial charge in [0.05, 0.1) is 0 Å². The van der Waals surface area contributed by atoms with Crippen molar-refractivity contribution in [3.63, 3.8) is 0 Å². The van der Waals surface area contributed by atoms with Gasteiger partial charge in [-0.3, -0.25) is 0 Å². The van der Waals surface area contributed by atoms with Crippen LogP contribution in [0.2, 0.25) is 0 Å². The summed E-state index contributed by atoms with van der Waals surface area (Å²) in [7, 11) is 0.